The quantitative estimate of drug-likeness (QED) is 0.304. The standard InChI is InChI=1S/C27H26N2O5/c1-3-15-34-21-12-10-18(11-13-21)25(30)23-24(19-8-6-14-28-16-19)29(27(32)26(23)31)17-20-7-4-5-9-22(20)33-2/h4-14,16,24,30H,3,15,17H2,1-2H3/b25-23+. The third-order valence-electron chi connectivity index (χ3n) is 5.67. The summed E-state index contributed by atoms with van der Waals surface area (Å²) in [4.78, 5) is 32.0. The number of aliphatic hydroxyl groups excluding tert-OH is 1. The van der Waals surface area contributed by atoms with Crippen molar-refractivity contribution in [3.05, 3.63) is 95.3 Å². The van der Waals surface area contributed by atoms with Crippen LogP contribution in [-0.2, 0) is 16.1 Å². The zero-order valence-electron chi connectivity index (χ0n) is 19.1. The molecule has 2 aromatic carbocycles. The van der Waals surface area contributed by atoms with Crippen LogP contribution in [-0.4, -0.2) is 40.4 Å². The Morgan fingerprint density at radius 1 is 1.06 bits per heavy atom. The number of carbonyl (C=O) groups excluding carboxylic acids is 2. The molecule has 0 saturated carbocycles. The number of likely N-dealkylation sites (tertiary alicyclic amines) is 1. The second-order valence-corrected chi connectivity index (χ2v) is 7.90. The highest BCUT2D eigenvalue weighted by Crippen LogP contribution is 2.40. The predicted octanol–water partition coefficient (Wildman–Crippen LogP) is 4.50. The molecule has 0 aliphatic carbocycles. The molecule has 0 radical (unpaired) electrons. The van der Waals surface area contributed by atoms with E-state index in [9.17, 15) is 14.7 Å². The van der Waals surface area contributed by atoms with E-state index in [1.807, 2.05) is 25.1 Å². The van der Waals surface area contributed by atoms with E-state index in [1.54, 1.807) is 62.0 Å². The molecule has 4 rings (SSSR count). The van der Waals surface area contributed by atoms with Gasteiger partial charge in [-0.3, -0.25) is 14.6 Å². The SMILES string of the molecule is CCCOc1ccc(/C(O)=C2\C(=O)C(=O)N(Cc3ccccc3OC)C2c2cccnc2)cc1. The van der Waals surface area contributed by atoms with Gasteiger partial charge in [0, 0.05) is 23.5 Å². The van der Waals surface area contributed by atoms with E-state index >= 15 is 0 Å². The number of hydrogen-bond donors (Lipinski definition) is 1. The Morgan fingerprint density at radius 3 is 2.50 bits per heavy atom. The van der Waals surface area contributed by atoms with E-state index in [0.717, 1.165) is 12.0 Å². The molecule has 1 unspecified atom stereocenters. The number of pyridine rings is 1. The number of aromatic nitrogens is 1. The van der Waals surface area contributed by atoms with Gasteiger partial charge in [0.05, 0.1) is 31.9 Å². The summed E-state index contributed by atoms with van der Waals surface area (Å²) >= 11 is 0. The van der Waals surface area contributed by atoms with Crippen LogP contribution in [0.3, 0.4) is 0 Å². The third-order valence-corrected chi connectivity index (χ3v) is 5.67. The molecule has 1 amide bonds. The number of para-hydroxylation sites is 1. The van der Waals surface area contributed by atoms with Crippen LogP contribution in [0.25, 0.3) is 5.76 Å². The predicted molar refractivity (Wildman–Crippen MR) is 127 cm³/mol. The van der Waals surface area contributed by atoms with E-state index in [2.05, 4.69) is 4.98 Å². The van der Waals surface area contributed by atoms with Crippen LogP contribution in [0.15, 0.2) is 78.6 Å². The molecule has 1 aliphatic rings. The third kappa shape index (κ3) is 4.50. The Morgan fingerprint density at radius 2 is 1.82 bits per heavy atom. The lowest BCUT2D eigenvalue weighted by molar-refractivity contribution is -0.140. The minimum absolute atomic E-state index is 0.0233. The molecular formula is C27H26N2O5. The first-order valence-corrected chi connectivity index (χ1v) is 11.1. The molecule has 2 heterocycles. The van der Waals surface area contributed by atoms with Crippen LogP contribution in [0.4, 0.5) is 0 Å². The molecule has 1 aliphatic heterocycles. The van der Waals surface area contributed by atoms with Gasteiger partial charge in [0.2, 0.25) is 0 Å². The molecule has 1 atom stereocenters. The van der Waals surface area contributed by atoms with E-state index in [-0.39, 0.29) is 17.9 Å². The molecule has 174 valence electrons. The summed E-state index contributed by atoms with van der Waals surface area (Å²) in [6.45, 7) is 2.73. The summed E-state index contributed by atoms with van der Waals surface area (Å²) in [5.41, 5.74) is 1.82. The maximum Gasteiger partial charge on any atom is 0.295 e. The zero-order chi connectivity index (χ0) is 24.1. The van der Waals surface area contributed by atoms with Crippen molar-refractivity contribution >= 4 is 17.4 Å². The molecule has 7 heteroatoms. The molecule has 0 spiro atoms. The monoisotopic (exact) mass is 458 g/mol. The Balaban J connectivity index is 1.78. The molecule has 1 N–H and O–H groups in total. The molecule has 1 fully saturated rings. The summed E-state index contributed by atoms with van der Waals surface area (Å²) in [5.74, 6) is -0.399. The number of nitrogens with zero attached hydrogens (tertiary/aromatic N) is 2. The van der Waals surface area contributed by atoms with Crippen molar-refractivity contribution in [2.45, 2.75) is 25.9 Å². The van der Waals surface area contributed by atoms with Crippen molar-refractivity contribution in [1.82, 2.24) is 9.88 Å². The number of Topliss-reactive ketones (excluding diaryl/α,β-unsaturated/α-hetero) is 1. The Bertz CT molecular complexity index is 1210. The highest BCUT2D eigenvalue weighted by molar-refractivity contribution is 6.46. The number of ketones is 1. The fourth-order valence-corrected chi connectivity index (χ4v) is 4.03. The maximum absolute atomic E-state index is 13.2. The van der Waals surface area contributed by atoms with Gasteiger partial charge in [0.25, 0.3) is 11.7 Å². The van der Waals surface area contributed by atoms with Crippen molar-refractivity contribution in [2.24, 2.45) is 0 Å². The van der Waals surface area contributed by atoms with Crippen LogP contribution in [0.1, 0.15) is 36.1 Å². The Labute approximate surface area is 198 Å². The molecule has 3 aromatic rings. The van der Waals surface area contributed by atoms with E-state index in [0.29, 0.717) is 29.2 Å². The molecule has 1 aromatic heterocycles. The number of ether oxygens (including phenoxy) is 2. The molecule has 0 bridgehead atoms. The second-order valence-electron chi connectivity index (χ2n) is 7.90. The first-order valence-electron chi connectivity index (χ1n) is 11.1. The number of amides is 1. The number of hydrogen-bond acceptors (Lipinski definition) is 6. The first-order chi connectivity index (χ1) is 16.5. The van der Waals surface area contributed by atoms with Gasteiger partial charge in [-0.15, -0.1) is 0 Å². The number of aliphatic hydroxyl groups is 1. The average molecular weight is 459 g/mol. The topological polar surface area (TPSA) is 89.0 Å². The van der Waals surface area contributed by atoms with Crippen molar-refractivity contribution in [1.29, 1.82) is 0 Å². The minimum Gasteiger partial charge on any atom is -0.507 e. The summed E-state index contributed by atoms with van der Waals surface area (Å²) < 4.78 is 11.0. The van der Waals surface area contributed by atoms with Crippen molar-refractivity contribution in [2.75, 3.05) is 13.7 Å². The normalized spacial score (nSPS) is 17.1. The summed E-state index contributed by atoms with van der Waals surface area (Å²) in [6.07, 6.45) is 4.09. The van der Waals surface area contributed by atoms with Gasteiger partial charge in [0.15, 0.2) is 0 Å². The van der Waals surface area contributed by atoms with Crippen LogP contribution >= 0.6 is 0 Å². The van der Waals surface area contributed by atoms with E-state index in [1.165, 1.54) is 4.90 Å². The Kier molecular flexibility index (Phi) is 6.92. The van der Waals surface area contributed by atoms with Crippen LogP contribution < -0.4 is 9.47 Å². The van der Waals surface area contributed by atoms with Gasteiger partial charge in [-0.25, -0.2) is 0 Å². The first kappa shape index (κ1) is 23.0. The fraction of sp³-hybridized carbons (Fsp3) is 0.222. The smallest absolute Gasteiger partial charge is 0.295 e. The maximum atomic E-state index is 13.2. The molecular weight excluding hydrogens is 432 g/mol. The highest BCUT2D eigenvalue weighted by atomic mass is 16.5. The number of carbonyl (C=O) groups is 2. The average Bonchev–Trinajstić information content (AvgIpc) is 3.13. The van der Waals surface area contributed by atoms with Gasteiger partial charge in [-0.2, -0.15) is 0 Å². The van der Waals surface area contributed by atoms with Gasteiger partial charge in [-0.1, -0.05) is 31.2 Å². The lowest BCUT2D eigenvalue weighted by Crippen LogP contribution is -2.29. The van der Waals surface area contributed by atoms with Crippen molar-refractivity contribution < 1.29 is 24.2 Å². The Hall–Kier alpha value is -4.13. The van der Waals surface area contributed by atoms with Crippen LogP contribution in [0, 0.1) is 0 Å². The largest absolute Gasteiger partial charge is 0.507 e. The number of rotatable bonds is 8. The fourth-order valence-electron chi connectivity index (χ4n) is 4.03. The second kappa shape index (κ2) is 10.2. The summed E-state index contributed by atoms with van der Waals surface area (Å²) in [6, 6.07) is 16.9. The zero-order valence-corrected chi connectivity index (χ0v) is 19.1. The van der Waals surface area contributed by atoms with Crippen molar-refractivity contribution in [3.63, 3.8) is 0 Å². The number of benzene rings is 2. The molecule has 34 heavy (non-hydrogen) atoms. The van der Waals surface area contributed by atoms with E-state index < -0.39 is 17.7 Å². The lowest BCUT2D eigenvalue weighted by atomic mass is 9.96. The minimum atomic E-state index is -0.797. The van der Waals surface area contributed by atoms with E-state index in [4.69, 9.17) is 9.47 Å². The van der Waals surface area contributed by atoms with Gasteiger partial charge in [0.1, 0.15) is 17.3 Å². The lowest BCUT2D eigenvalue weighted by Gasteiger charge is -2.25. The van der Waals surface area contributed by atoms with Crippen LogP contribution in [0.2, 0.25) is 0 Å². The van der Waals surface area contributed by atoms with Gasteiger partial charge in [-0.05, 0) is 48.4 Å². The summed E-state index contributed by atoms with van der Waals surface area (Å²) in [7, 11) is 1.55. The van der Waals surface area contributed by atoms with Crippen molar-refractivity contribution in [3.8, 4) is 11.5 Å². The molecule has 7 nitrogen and oxygen atoms in total. The van der Waals surface area contributed by atoms with Gasteiger partial charge < -0.3 is 19.5 Å². The highest BCUT2D eigenvalue weighted by Gasteiger charge is 2.46. The van der Waals surface area contributed by atoms with Crippen LogP contribution in [0.5, 0.6) is 11.5 Å². The summed E-state index contributed by atoms with van der Waals surface area (Å²) in [5, 5.41) is 11.2. The molecule has 1 saturated heterocycles. The number of methoxy groups -OCH3 is 1. The van der Waals surface area contributed by atoms with Gasteiger partial charge >= 0.3 is 0 Å².